The minimum Gasteiger partial charge on any atom is -0.371 e. The van der Waals surface area contributed by atoms with Gasteiger partial charge in [0, 0.05) is 35.5 Å². The predicted molar refractivity (Wildman–Crippen MR) is 113 cm³/mol. The number of nitrogens with zero attached hydrogens (tertiary/aromatic N) is 1. The molecule has 2 N–H and O–H groups in total. The van der Waals surface area contributed by atoms with Crippen LogP contribution >= 0.6 is 23.2 Å². The minimum atomic E-state index is -0.343. The second kappa shape index (κ2) is 8.02. The van der Waals surface area contributed by atoms with Crippen molar-refractivity contribution in [3.63, 3.8) is 0 Å². The molecule has 1 aliphatic carbocycles. The average Bonchev–Trinajstić information content (AvgIpc) is 3.30. The lowest BCUT2D eigenvalue weighted by molar-refractivity contribution is 0.0950. The number of halogens is 2. The molecule has 0 spiro atoms. The number of anilines is 2. The molecule has 2 aromatic rings. The number of benzene rings is 2. The molecule has 2 aliphatic rings. The van der Waals surface area contributed by atoms with Crippen molar-refractivity contribution in [2.24, 2.45) is 0 Å². The quantitative estimate of drug-likeness (QED) is 0.738. The van der Waals surface area contributed by atoms with E-state index in [-0.39, 0.29) is 22.9 Å². The Morgan fingerprint density at radius 3 is 2.36 bits per heavy atom. The van der Waals surface area contributed by atoms with E-state index in [1.807, 2.05) is 12.1 Å². The zero-order valence-electron chi connectivity index (χ0n) is 15.3. The largest absolute Gasteiger partial charge is 0.371 e. The van der Waals surface area contributed by atoms with E-state index in [2.05, 4.69) is 15.5 Å². The topological polar surface area (TPSA) is 61.4 Å². The van der Waals surface area contributed by atoms with Crippen LogP contribution in [0.1, 0.15) is 46.4 Å². The second-order valence-electron chi connectivity index (χ2n) is 7.25. The Bertz CT molecular complexity index is 922. The number of hydrogen-bond acceptors (Lipinski definition) is 3. The maximum atomic E-state index is 12.8. The van der Waals surface area contributed by atoms with Crippen LogP contribution in [0.3, 0.4) is 0 Å². The average molecular weight is 418 g/mol. The molecule has 1 heterocycles. The normalized spacial score (nSPS) is 16.1. The molecule has 2 fully saturated rings. The number of hydrogen-bond donors (Lipinski definition) is 2. The summed E-state index contributed by atoms with van der Waals surface area (Å²) < 4.78 is 0. The summed E-state index contributed by atoms with van der Waals surface area (Å²) in [7, 11) is 0. The number of amides is 2. The van der Waals surface area contributed by atoms with Gasteiger partial charge in [-0.2, -0.15) is 0 Å². The molecule has 7 heteroatoms. The molecule has 146 valence electrons. The lowest BCUT2D eigenvalue weighted by atomic mass is 10.1. The molecule has 0 atom stereocenters. The SMILES string of the molecule is O=C(Nc1ccc(N2CCCC2)c(C(=O)NC2CC2)c1)c1ccc(Cl)cc1Cl. The van der Waals surface area contributed by atoms with Crippen LogP contribution in [0.2, 0.25) is 10.0 Å². The third-order valence-electron chi connectivity index (χ3n) is 5.03. The first-order valence-corrected chi connectivity index (χ1v) is 10.2. The first-order chi connectivity index (χ1) is 13.5. The molecule has 1 saturated carbocycles. The summed E-state index contributed by atoms with van der Waals surface area (Å²) in [5.41, 5.74) is 2.39. The molecule has 1 aliphatic heterocycles. The van der Waals surface area contributed by atoms with Gasteiger partial charge < -0.3 is 15.5 Å². The maximum Gasteiger partial charge on any atom is 0.257 e. The predicted octanol–water partition coefficient (Wildman–Crippen LogP) is 4.74. The number of carbonyl (C=O) groups is 2. The Kier molecular flexibility index (Phi) is 5.47. The molecule has 1 saturated heterocycles. The summed E-state index contributed by atoms with van der Waals surface area (Å²) in [6.45, 7) is 1.88. The summed E-state index contributed by atoms with van der Waals surface area (Å²) in [6, 6.07) is 10.5. The Morgan fingerprint density at radius 2 is 1.68 bits per heavy atom. The van der Waals surface area contributed by atoms with E-state index in [1.165, 1.54) is 6.07 Å². The van der Waals surface area contributed by atoms with E-state index in [4.69, 9.17) is 23.2 Å². The van der Waals surface area contributed by atoms with Gasteiger partial charge in [-0.1, -0.05) is 23.2 Å². The summed E-state index contributed by atoms with van der Waals surface area (Å²) in [6.07, 6.45) is 4.29. The lowest BCUT2D eigenvalue weighted by Gasteiger charge is -2.22. The van der Waals surface area contributed by atoms with Crippen molar-refractivity contribution in [3.8, 4) is 0 Å². The van der Waals surface area contributed by atoms with Crippen molar-refractivity contribution in [2.45, 2.75) is 31.7 Å². The minimum absolute atomic E-state index is 0.0926. The van der Waals surface area contributed by atoms with Gasteiger partial charge >= 0.3 is 0 Å². The Morgan fingerprint density at radius 1 is 0.929 bits per heavy atom. The van der Waals surface area contributed by atoms with Crippen LogP contribution in [0.4, 0.5) is 11.4 Å². The number of rotatable bonds is 5. The van der Waals surface area contributed by atoms with E-state index in [9.17, 15) is 9.59 Å². The Labute approximate surface area is 174 Å². The van der Waals surface area contributed by atoms with E-state index in [0.29, 0.717) is 21.8 Å². The van der Waals surface area contributed by atoms with E-state index in [1.54, 1.807) is 18.2 Å². The van der Waals surface area contributed by atoms with Crippen molar-refractivity contribution in [1.82, 2.24) is 5.32 Å². The molecule has 0 aromatic heterocycles. The molecular formula is C21H21Cl2N3O2. The summed E-state index contributed by atoms with van der Waals surface area (Å²) in [5, 5.41) is 6.63. The molecule has 2 amide bonds. The smallest absolute Gasteiger partial charge is 0.257 e. The van der Waals surface area contributed by atoms with Crippen molar-refractivity contribution < 1.29 is 9.59 Å². The summed E-state index contributed by atoms with van der Waals surface area (Å²) >= 11 is 12.0. The first-order valence-electron chi connectivity index (χ1n) is 9.47. The molecular weight excluding hydrogens is 397 g/mol. The second-order valence-corrected chi connectivity index (χ2v) is 8.10. The van der Waals surface area contributed by atoms with Crippen molar-refractivity contribution in [3.05, 3.63) is 57.6 Å². The van der Waals surface area contributed by atoms with Crippen LogP contribution in [0.5, 0.6) is 0 Å². The Hall–Kier alpha value is -2.24. The highest BCUT2D eigenvalue weighted by Crippen LogP contribution is 2.29. The number of carbonyl (C=O) groups excluding carboxylic acids is 2. The Balaban J connectivity index is 1.59. The van der Waals surface area contributed by atoms with Gasteiger partial charge in [0.15, 0.2) is 0 Å². The summed E-state index contributed by atoms with van der Waals surface area (Å²) in [5.74, 6) is -0.436. The van der Waals surface area contributed by atoms with E-state index >= 15 is 0 Å². The fraction of sp³-hybridized carbons (Fsp3) is 0.333. The lowest BCUT2D eigenvalue weighted by Crippen LogP contribution is -2.29. The zero-order chi connectivity index (χ0) is 19.7. The van der Waals surface area contributed by atoms with Gasteiger partial charge in [-0.15, -0.1) is 0 Å². The van der Waals surface area contributed by atoms with Crippen molar-refractivity contribution >= 4 is 46.4 Å². The highest BCUT2D eigenvalue weighted by atomic mass is 35.5. The molecule has 0 unspecified atom stereocenters. The molecule has 4 rings (SSSR count). The van der Waals surface area contributed by atoms with Crippen LogP contribution < -0.4 is 15.5 Å². The first kappa shape index (κ1) is 19.1. The van der Waals surface area contributed by atoms with Crippen LogP contribution in [-0.4, -0.2) is 30.9 Å². The highest BCUT2D eigenvalue weighted by molar-refractivity contribution is 6.37. The molecule has 28 heavy (non-hydrogen) atoms. The molecule has 2 aromatic carbocycles. The van der Waals surface area contributed by atoms with Crippen LogP contribution in [0.15, 0.2) is 36.4 Å². The van der Waals surface area contributed by atoms with Gasteiger partial charge in [0.2, 0.25) is 0 Å². The third-order valence-corrected chi connectivity index (χ3v) is 5.58. The van der Waals surface area contributed by atoms with E-state index in [0.717, 1.165) is 44.5 Å². The van der Waals surface area contributed by atoms with Gasteiger partial charge in [0.1, 0.15) is 0 Å². The monoisotopic (exact) mass is 417 g/mol. The van der Waals surface area contributed by atoms with Crippen molar-refractivity contribution in [1.29, 1.82) is 0 Å². The van der Waals surface area contributed by atoms with Gasteiger partial charge in [0.25, 0.3) is 11.8 Å². The molecule has 0 radical (unpaired) electrons. The maximum absolute atomic E-state index is 12.8. The number of nitrogens with one attached hydrogen (secondary N) is 2. The van der Waals surface area contributed by atoms with Crippen LogP contribution in [-0.2, 0) is 0 Å². The van der Waals surface area contributed by atoms with Crippen LogP contribution in [0.25, 0.3) is 0 Å². The van der Waals surface area contributed by atoms with Gasteiger partial charge in [0.05, 0.1) is 16.1 Å². The highest BCUT2D eigenvalue weighted by Gasteiger charge is 2.27. The fourth-order valence-corrected chi connectivity index (χ4v) is 3.89. The van der Waals surface area contributed by atoms with Crippen molar-refractivity contribution in [2.75, 3.05) is 23.3 Å². The van der Waals surface area contributed by atoms with E-state index < -0.39 is 0 Å². The molecule has 0 bridgehead atoms. The zero-order valence-corrected chi connectivity index (χ0v) is 16.8. The fourth-order valence-electron chi connectivity index (χ4n) is 3.39. The molecule has 5 nitrogen and oxygen atoms in total. The van der Waals surface area contributed by atoms with Gasteiger partial charge in [-0.25, -0.2) is 0 Å². The third kappa shape index (κ3) is 4.26. The standard InChI is InChI=1S/C21H21Cl2N3O2/c22-13-3-7-16(18(23)11-13)20(27)25-15-6-8-19(26-9-1-2-10-26)17(12-15)21(28)24-14-4-5-14/h3,6-8,11-12,14H,1-2,4-5,9-10H2,(H,24,28)(H,25,27). The van der Waals surface area contributed by atoms with Gasteiger partial charge in [-0.3, -0.25) is 9.59 Å². The van der Waals surface area contributed by atoms with Gasteiger partial charge in [-0.05, 0) is 62.1 Å². The summed E-state index contributed by atoms with van der Waals surface area (Å²) in [4.78, 5) is 27.6. The van der Waals surface area contributed by atoms with Crippen LogP contribution in [0, 0.1) is 0 Å².